The highest BCUT2D eigenvalue weighted by Gasteiger charge is 2.55. The van der Waals surface area contributed by atoms with Gasteiger partial charge in [0.05, 0.1) is 25.7 Å². The zero-order valence-corrected chi connectivity index (χ0v) is 36.1. The van der Waals surface area contributed by atoms with E-state index in [1.165, 1.54) is 64.2 Å². The van der Waals surface area contributed by atoms with Crippen molar-refractivity contribution in [3.63, 3.8) is 0 Å². The van der Waals surface area contributed by atoms with Crippen LogP contribution in [0, 0.1) is 41.4 Å². The zero-order valence-electron chi connectivity index (χ0n) is 36.1. The molecule has 5 aliphatic carbocycles. The van der Waals surface area contributed by atoms with Crippen LogP contribution < -0.4 is 10.6 Å². The summed E-state index contributed by atoms with van der Waals surface area (Å²) in [5, 5.41) is 5.18. The third-order valence-corrected chi connectivity index (χ3v) is 14.6. The van der Waals surface area contributed by atoms with Crippen LogP contribution >= 0.6 is 0 Å². The lowest BCUT2D eigenvalue weighted by Crippen LogP contribution is -2.68. The Morgan fingerprint density at radius 1 is 0.610 bits per heavy atom. The number of likely N-dealkylation sites (tertiary alicyclic amines) is 1. The first-order chi connectivity index (χ1) is 28.7. The number of aliphatic imine (C=N–C) groups is 1. The number of amides is 5. The van der Waals surface area contributed by atoms with Gasteiger partial charge in [0.1, 0.15) is 0 Å². The summed E-state index contributed by atoms with van der Waals surface area (Å²) in [5.41, 5.74) is 0. The number of imide groups is 1. The largest absolute Gasteiger partial charge is 0.464 e. The number of carbonyl (C=O) groups excluding carboxylic acids is 5. The SMILES string of the molecule is CN(CC1CCC(C2CCCCC2)CC1)C(=O)N1C(=O)[C@@H](CCCN=C(NC(=O)OCC2CCCCC2)NC(=O)OCC2CCCCC2)C1C(=O)OCC1CCCCC1. The van der Waals surface area contributed by atoms with Crippen molar-refractivity contribution in [2.45, 2.75) is 173 Å². The number of hydrogen-bond acceptors (Lipinski definition) is 9. The monoisotopic (exact) mass is 826 g/mol. The van der Waals surface area contributed by atoms with Crippen molar-refractivity contribution >= 4 is 36.1 Å². The van der Waals surface area contributed by atoms with Gasteiger partial charge < -0.3 is 19.1 Å². The van der Waals surface area contributed by atoms with Gasteiger partial charge in [0.15, 0.2) is 6.04 Å². The maximum absolute atomic E-state index is 13.9. The number of ether oxygens (including phenoxy) is 3. The number of nitrogens with one attached hydrogen (secondary N) is 2. The van der Waals surface area contributed by atoms with Gasteiger partial charge in [-0.3, -0.25) is 20.4 Å². The number of β-lactam (4-membered cyclic amide) rings is 1. The van der Waals surface area contributed by atoms with E-state index in [1.807, 2.05) is 0 Å². The Kier molecular flexibility index (Phi) is 18.0. The van der Waals surface area contributed by atoms with E-state index in [4.69, 9.17) is 14.2 Å². The molecule has 0 spiro atoms. The predicted octanol–water partition coefficient (Wildman–Crippen LogP) is 9.12. The van der Waals surface area contributed by atoms with Crippen LogP contribution in [-0.2, 0) is 23.8 Å². The number of urea groups is 1. The zero-order chi connectivity index (χ0) is 41.4. The summed E-state index contributed by atoms with van der Waals surface area (Å²) in [6.07, 6.45) is 27.1. The number of alkyl carbamates (subject to hydrolysis) is 2. The first-order valence-corrected chi connectivity index (χ1v) is 23.9. The summed E-state index contributed by atoms with van der Waals surface area (Å²) >= 11 is 0. The number of guanidine groups is 1. The molecule has 1 heterocycles. The van der Waals surface area contributed by atoms with E-state index in [-0.39, 0.29) is 24.8 Å². The van der Waals surface area contributed by atoms with Crippen molar-refractivity contribution in [2.24, 2.45) is 46.4 Å². The molecule has 5 amide bonds. The molecule has 13 heteroatoms. The van der Waals surface area contributed by atoms with Crippen LogP contribution in [0.25, 0.3) is 0 Å². The first kappa shape index (κ1) is 45.2. The lowest BCUT2D eigenvalue weighted by molar-refractivity contribution is -0.171. The molecule has 1 aliphatic heterocycles. The topological polar surface area (TPSA) is 156 Å². The second-order valence-electron chi connectivity index (χ2n) is 19.1. The number of rotatable bonds is 14. The number of esters is 1. The van der Waals surface area contributed by atoms with Gasteiger partial charge in [-0.1, -0.05) is 89.9 Å². The van der Waals surface area contributed by atoms with Crippen LogP contribution in [0.15, 0.2) is 4.99 Å². The van der Waals surface area contributed by atoms with Gasteiger partial charge in [0.2, 0.25) is 11.9 Å². The fraction of sp³-hybridized carbons (Fsp3) is 0.870. The molecule has 5 saturated carbocycles. The van der Waals surface area contributed by atoms with Crippen LogP contribution in [0.1, 0.15) is 167 Å². The maximum Gasteiger partial charge on any atom is 0.413 e. The Hall–Kier alpha value is -3.38. The van der Waals surface area contributed by atoms with Crippen molar-refractivity contribution in [3.05, 3.63) is 0 Å². The van der Waals surface area contributed by atoms with Crippen molar-refractivity contribution in [3.8, 4) is 0 Å². The molecule has 2 atom stereocenters. The number of hydrogen-bond donors (Lipinski definition) is 2. The Balaban J connectivity index is 1.03. The summed E-state index contributed by atoms with van der Waals surface area (Å²) in [7, 11) is 1.75. The Labute approximate surface area is 353 Å². The minimum absolute atomic E-state index is 0.0816. The van der Waals surface area contributed by atoms with Crippen molar-refractivity contribution in [1.29, 1.82) is 0 Å². The normalized spacial score (nSPS) is 26.3. The van der Waals surface area contributed by atoms with E-state index in [0.717, 1.165) is 107 Å². The first-order valence-electron chi connectivity index (χ1n) is 23.9. The number of nitrogens with zero attached hydrogens (tertiary/aromatic N) is 3. The van der Waals surface area contributed by atoms with Gasteiger partial charge in [-0.2, -0.15) is 0 Å². The minimum atomic E-state index is -0.993. The van der Waals surface area contributed by atoms with Crippen LogP contribution in [0.4, 0.5) is 14.4 Å². The highest BCUT2D eigenvalue weighted by atomic mass is 16.6. The van der Waals surface area contributed by atoms with Gasteiger partial charge in [0, 0.05) is 20.1 Å². The summed E-state index contributed by atoms with van der Waals surface area (Å²) in [4.78, 5) is 74.3. The lowest BCUT2D eigenvalue weighted by Gasteiger charge is -2.45. The second-order valence-corrected chi connectivity index (χ2v) is 19.1. The highest BCUT2D eigenvalue weighted by molar-refractivity contribution is 6.07. The molecule has 0 aromatic carbocycles. The molecule has 6 aliphatic rings. The molecule has 6 fully saturated rings. The Bertz CT molecular complexity index is 1360. The Morgan fingerprint density at radius 2 is 1.07 bits per heavy atom. The molecule has 0 aromatic rings. The van der Waals surface area contributed by atoms with Crippen LogP contribution in [0.3, 0.4) is 0 Å². The second kappa shape index (κ2) is 23.6. The molecule has 2 N–H and O–H groups in total. The van der Waals surface area contributed by atoms with E-state index in [1.54, 1.807) is 11.9 Å². The standard InChI is InChI=1S/C46H75N5O8/c1-50(29-33-24-26-38(27-25-33)37-21-12-5-13-22-37)46(56)51-40(42(53)57-30-34-15-6-2-7-16-34)39(41(51)52)23-14-28-47-43(48-44(54)58-31-35-17-8-3-9-18-35)49-45(55)59-32-36-19-10-4-11-20-36/h33-40H,2-32H2,1H3,(H2,47,48,49,54,55)/t33?,38?,39-,40?/m0/s1. The van der Waals surface area contributed by atoms with Gasteiger partial charge in [-0.15, -0.1) is 0 Å². The van der Waals surface area contributed by atoms with E-state index < -0.39 is 36.1 Å². The van der Waals surface area contributed by atoms with Crippen LogP contribution in [0.5, 0.6) is 0 Å². The molecule has 59 heavy (non-hydrogen) atoms. The molecule has 1 unspecified atom stereocenters. The maximum atomic E-state index is 13.9. The van der Waals surface area contributed by atoms with Gasteiger partial charge in [0.25, 0.3) is 0 Å². The van der Waals surface area contributed by atoms with Gasteiger partial charge >= 0.3 is 24.2 Å². The Morgan fingerprint density at radius 3 is 1.58 bits per heavy atom. The van der Waals surface area contributed by atoms with Crippen LogP contribution in [0.2, 0.25) is 0 Å². The summed E-state index contributed by atoms with van der Waals surface area (Å²) in [5.74, 6) is 1.27. The molecular weight excluding hydrogens is 751 g/mol. The highest BCUT2D eigenvalue weighted by Crippen LogP contribution is 2.40. The fourth-order valence-corrected chi connectivity index (χ4v) is 11.0. The molecule has 332 valence electrons. The number of carbonyl (C=O) groups is 5. The quantitative estimate of drug-likeness (QED) is 0.0439. The molecular formula is C46H75N5O8. The predicted molar refractivity (Wildman–Crippen MR) is 225 cm³/mol. The van der Waals surface area contributed by atoms with Gasteiger partial charge in [-0.25, -0.2) is 24.1 Å². The van der Waals surface area contributed by atoms with Gasteiger partial charge in [-0.05, 0) is 113 Å². The van der Waals surface area contributed by atoms with Crippen LogP contribution in [-0.4, -0.2) is 91.9 Å². The van der Waals surface area contributed by atoms with E-state index in [0.29, 0.717) is 56.5 Å². The summed E-state index contributed by atoms with van der Waals surface area (Å²) in [6, 6.07) is -1.43. The minimum Gasteiger partial charge on any atom is -0.464 e. The van der Waals surface area contributed by atoms with Crippen molar-refractivity contribution in [2.75, 3.05) is 40.0 Å². The average Bonchev–Trinajstić information content (AvgIpc) is 3.27. The summed E-state index contributed by atoms with van der Waals surface area (Å²) < 4.78 is 16.9. The smallest absolute Gasteiger partial charge is 0.413 e. The molecule has 0 aromatic heterocycles. The summed E-state index contributed by atoms with van der Waals surface area (Å²) in [6.45, 7) is 1.62. The molecule has 0 radical (unpaired) electrons. The van der Waals surface area contributed by atoms with E-state index in [9.17, 15) is 24.0 Å². The third kappa shape index (κ3) is 13.8. The van der Waals surface area contributed by atoms with Crippen molar-refractivity contribution in [1.82, 2.24) is 20.4 Å². The molecule has 6 rings (SSSR count). The third-order valence-electron chi connectivity index (χ3n) is 14.6. The van der Waals surface area contributed by atoms with E-state index >= 15 is 0 Å². The lowest BCUT2D eigenvalue weighted by atomic mass is 9.71. The van der Waals surface area contributed by atoms with E-state index in [2.05, 4.69) is 15.6 Å². The van der Waals surface area contributed by atoms with Crippen molar-refractivity contribution < 1.29 is 38.2 Å². The molecule has 1 saturated heterocycles. The molecule has 0 bridgehead atoms. The average molecular weight is 826 g/mol. The molecule has 13 nitrogen and oxygen atoms in total. The fourth-order valence-electron chi connectivity index (χ4n) is 11.0.